The number of ketones is 1. The molecule has 1 aromatic carbocycles. The number of hydrazine groups is 1. The third-order valence-electron chi connectivity index (χ3n) is 5.78. The molecule has 164 valence electrons. The number of amides is 2. The van der Waals surface area contributed by atoms with Gasteiger partial charge in [0.25, 0.3) is 0 Å². The average Bonchev–Trinajstić information content (AvgIpc) is 3.47. The summed E-state index contributed by atoms with van der Waals surface area (Å²) < 4.78 is 0. The smallest absolute Gasteiger partial charge is 0.345 e. The van der Waals surface area contributed by atoms with E-state index in [1.54, 1.807) is 24.3 Å². The van der Waals surface area contributed by atoms with Crippen LogP contribution in [0.2, 0.25) is 0 Å². The molecule has 4 N–H and O–H groups in total. The third kappa shape index (κ3) is 3.09. The summed E-state index contributed by atoms with van der Waals surface area (Å²) in [7, 11) is 2.01. The maximum absolute atomic E-state index is 13.6. The minimum Gasteiger partial charge on any atom is -0.477 e. The van der Waals surface area contributed by atoms with Gasteiger partial charge >= 0.3 is 12.0 Å². The molecule has 1 aliphatic heterocycles. The van der Waals surface area contributed by atoms with Gasteiger partial charge < -0.3 is 15.7 Å². The molecular weight excluding hydrogens is 432 g/mol. The van der Waals surface area contributed by atoms with Crippen molar-refractivity contribution in [2.45, 2.75) is 0 Å². The molecule has 32 heavy (non-hydrogen) atoms. The molecule has 3 aromatic rings. The number of aromatic nitrogens is 2. The van der Waals surface area contributed by atoms with Crippen molar-refractivity contribution in [1.82, 2.24) is 20.1 Å². The first kappa shape index (κ1) is 20.4. The number of nitrogens with one attached hydrogen (secondary N) is 1. The standard InChI is InChI=1S/C21H20N6O4S/c1-25-7-9-26(10-8-25)27(21(22)31)12-4-2-3-11-15(12)19(28)16-17(11)23-24-18(16)13-5-6-14(32-13)20(29)30/h2-6H,7-10H2,1H3,(H2,22,31)(H,23,24)(H,29,30). The second-order valence-corrected chi connectivity index (χ2v) is 8.81. The van der Waals surface area contributed by atoms with Gasteiger partial charge in [-0.15, -0.1) is 11.3 Å². The molecule has 5 rings (SSSR count). The highest BCUT2D eigenvalue weighted by atomic mass is 32.1. The predicted octanol–water partition coefficient (Wildman–Crippen LogP) is 2.10. The van der Waals surface area contributed by atoms with Crippen molar-refractivity contribution >= 4 is 34.8 Å². The van der Waals surface area contributed by atoms with E-state index >= 15 is 0 Å². The molecule has 2 amide bonds. The molecule has 1 fully saturated rings. The van der Waals surface area contributed by atoms with Crippen molar-refractivity contribution < 1.29 is 19.5 Å². The number of nitrogens with zero attached hydrogens (tertiary/aromatic N) is 4. The predicted molar refractivity (Wildman–Crippen MR) is 119 cm³/mol. The number of aromatic amines is 1. The number of urea groups is 1. The van der Waals surface area contributed by atoms with Crippen LogP contribution in [0.15, 0.2) is 30.3 Å². The molecule has 1 aliphatic carbocycles. The highest BCUT2D eigenvalue weighted by Gasteiger charge is 2.38. The highest BCUT2D eigenvalue weighted by Crippen LogP contribution is 2.45. The van der Waals surface area contributed by atoms with E-state index in [0.717, 1.165) is 24.4 Å². The van der Waals surface area contributed by atoms with Gasteiger partial charge in [0.15, 0.2) is 5.78 Å². The SMILES string of the molecule is CN1CCN(N(C(N)=O)c2cccc3c2C(=O)c2c-3n[nH]c2-c2ccc(C(=O)O)s2)CC1. The van der Waals surface area contributed by atoms with Gasteiger partial charge in [0.05, 0.1) is 27.4 Å². The quantitative estimate of drug-likeness (QED) is 0.431. The average molecular weight is 452 g/mol. The molecule has 0 atom stereocenters. The minimum absolute atomic E-state index is 0.168. The number of carboxylic acids is 1. The number of H-pyrrole nitrogens is 1. The number of rotatable bonds is 4. The number of hydrogen-bond donors (Lipinski definition) is 3. The molecule has 2 aromatic heterocycles. The van der Waals surface area contributed by atoms with Crippen LogP contribution >= 0.6 is 11.3 Å². The zero-order chi connectivity index (χ0) is 22.6. The number of piperazine rings is 1. The molecule has 1 saturated heterocycles. The maximum atomic E-state index is 13.6. The number of aromatic carboxylic acids is 1. The number of nitrogens with two attached hydrogens (primary N) is 1. The monoisotopic (exact) mass is 452 g/mol. The van der Waals surface area contributed by atoms with Crippen molar-refractivity contribution in [3.05, 3.63) is 46.3 Å². The van der Waals surface area contributed by atoms with Gasteiger partial charge in [0.2, 0.25) is 0 Å². The number of carbonyl (C=O) groups excluding carboxylic acids is 2. The Bertz CT molecular complexity index is 1260. The summed E-state index contributed by atoms with van der Waals surface area (Å²) in [6.07, 6.45) is 0. The van der Waals surface area contributed by atoms with E-state index in [2.05, 4.69) is 15.1 Å². The van der Waals surface area contributed by atoms with Crippen LogP contribution in [0.4, 0.5) is 10.5 Å². The Hall–Kier alpha value is -3.54. The fourth-order valence-electron chi connectivity index (χ4n) is 4.21. The molecule has 10 nitrogen and oxygen atoms in total. The van der Waals surface area contributed by atoms with Crippen molar-refractivity contribution in [2.24, 2.45) is 5.73 Å². The molecule has 2 aliphatic rings. The van der Waals surface area contributed by atoms with E-state index in [-0.39, 0.29) is 10.7 Å². The fourth-order valence-corrected chi connectivity index (χ4v) is 5.05. The third-order valence-corrected chi connectivity index (χ3v) is 6.87. The van der Waals surface area contributed by atoms with Crippen LogP contribution in [-0.2, 0) is 0 Å². The lowest BCUT2D eigenvalue weighted by atomic mass is 10.1. The number of thiophene rings is 1. The number of likely N-dealkylation sites (N-methyl/N-ethyl adjacent to an activating group) is 1. The van der Waals surface area contributed by atoms with Gasteiger partial charge in [-0.05, 0) is 25.2 Å². The molecule has 0 radical (unpaired) electrons. The van der Waals surface area contributed by atoms with Crippen LogP contribution < -0.4 is 10.7 Å². The largest absolute Gasteiger partial charge is 0.477 e. The van der Waals surface area contributed by atoms with Crippen LogP contribution in [0.25, 0.3) is 21.8 Å². The van der Waals surface area contributed by atoms with Crippen LogP contribution in [-0.4, -0.2) is 76.2 Å². The van der Waals surface area contributed by atoms with Crippen molar-refractivity contribution in [3.8, 4) is 21.8 Å². The van der Waals surface area contributed by atoms with Crippen molar-refractivity contribution in [3.63, 3.8) is 0 Å². The number of fused-ring (bicyclic) bond motifs is 3. The van der Waals surface area contributed by atoms with Gasteiger partial charge in [-0.2, -0.15) is 5.10 Å². The Morgan fingerprint density at radius 1 is 1.16 bits per heavy atom. The minimum atomic E-state index is -1.03. The van der Waals surface area contributed by atoms with E-state index in [1.165, 1.54) is 11.1 Å². The van der Waals surface area contributed by atoms with Gasteiger partial charge in [-0.1, -0.05) is 12.1 Å². The molecule has 0 spiro atoms. The lowest BCUT2D eigenvalue weighted by Gasteiger charge is -2.39. The van der Waals surface area contributed by atoms with E-state index in [1.807, 2.05) is 12.1 Å². The normalized spacial score (nSPS) is 16.1. The Morgan fingerprint density at radius 3 is 2.56 bits per heavy atom. The van der Waals surface area contributed by atoms with E-state index in [9.17, 15) is 19.5 Å². The second-order valence-electron chi connectivity index (χ2n) is 7.73. The summed E-state index contributed by atoms with van der Waals surface area (Å²) in [5.74, 6) is -1.31. The van der Waals surface area contributed by atoms with Crippen LogP contribution in [0.5, 0.6) is 0 Å². The number of benzene rings is 1. The van der Waals surface area contributed by atoms with Gasteiger partial charge in [0.1, 0.15) is 10.6 Å². The van der Waals surface area contributed by atoms with E-state index in [4.69, 9.17) is 5.73 Å². The summed E-state index contributed by atoms with van der Waals surface area (Å²) >= 11 is 1.06. The van der Waals surface area contributed by atoms with Crippen molar-refractivity contribution in [1.29, 1.82) is 0 Å². The van der Waals surface area contributed by atoms with Gasteiger partial charge in [-0.25, -0.2) is 19.6 Å². The van der Waals surface area contributed by atoms with Crippen LogP contribution in [0, 0.1) is 0 Å². The Labute approximate surface area is 186 Å². The summed E-state index contributed by atoms with van der Waals surface area (Å²) in [6.45, 7) is 2.73. The maximum Gasteiger partial charge on any atom is 0.345 e. The molecular formula is C21H20N6O4S. The Morgan fingerprint density at radius 2 is 1.91 bits per heavy atom. The van der Waals surface area contributed by atoms with Crippen LogP contribution in [0.1, 0.15) is 25.6 Å². The highest BCUT2D eigenvalue weighted by molar-refractivity contribution is 7.17. The number of hydrogen-bond acceptors (Lipinski definition) is 7. The number of carboxylic acid groups (broad SMARTS) is 1. The number of carbonyl (C=O) groups is 3. The van der Waals surface area contributed by atoms with Gasteiger partial charge in [0, 0.05) is 31.7 Å². The molecule has 0 saturated carbocycles. The Kier molecular flexibility index (Phi) is 4.81. The van der Waals surface area contributed by atoms with Crippen molar-refractivity contribution in [2.75, 3.05) is 38.2 Å². The summed E-state index contributed by atoms with van der Waals surface area (Å²) in [6, 6.07) is 7.75. The van der Waals surface area contributed by atoms with E-state index < -0.39 is 12.0 Å². The zero-order valence-electron chi connectivity index (χ0n) is 17.2. The number of anilines is 1. The Balaban J connectivity index is 1.58. The first-order chi connectivity index (χ1) is 15.4. The molecule has 3 heterocycles. The second kappa shape index (κ2) is 7.55. The summed E-state index contributed by atoms with van der Waals surface area (Å²) in [5.41, 5.74) is 8.47. The first-order valence-electron chi connectivity index (χ1n) is 9.99. The lowest BCUT2D eigenvalue weighted by Crippen LogP contribution is -2.56. The fraction of sp³-hybridized carbons (Fsp3) is 0.238. The zero-order valence-corrected chi connectivity index (χ0v) is 18.0. The van der Waals surface area contributed by atoms with E-state index in [0.29, 0.717) is 51.7 Å². The lowest BCUT2D eigenvalue weighted by molar-refractivity contribution is 0.0702. The molecule has 0 bridgehead atoms. The first-order valence-corrected chi connectivity index (χ1v) is 10.8. The van der Waals surface area contributed by atoms with Gasteiger partial charge in [-0.3, -0.25) is 9.89 Å². The molecule has 11 heteroatoms. The van der Waals surface area contributed by atoms with Crippen LogP contribution in [0.3, 0.4) is 0 Å². The summed E-state index contributed by atoms with van der Waals surface area (Å²) in [5, 5.41) is 19.7. The molecule has 0 unspecified atom stereocenters. The topological polar surface area (TPSA) is 136 Å². The summed E-state index contributed by atoms with van der Waals surface area (Å²) in [4.78, 5) is 40.3. The number of primary amides is 1.